The summed E-state index contributed by atoms with van der Waals surface area (Å²) in [6.45, 7) is 6.92. The maximum absolute atomic E-state index is 16.4. The molecule has 5 heterocycles. The number of piperidine rings is 2. The lowest BCUT2D eigenvalue weighted by Gasteiger charge is -2.56. The number of H-pyrrole nitrogens is 1. The van der Waals surface area contributed by atoms with E-state index in [0.29, 0.717) is 36.7 Å². The van der Waals surface area contributed by atoms with Crippen LogP contribution in [0.4, 0.5) is 20.2 Å². The topological polar surface area (TPSA) is 170 Å². The number of halogens is 2. The Balaban J connectivity index is 0.886. The van der Waals surface area contributed by atoms with Gasteiger partial charge in [-0.3, -0.25) is 14.5 Å². The van der Waals surface area contributed by atoms with Crippen molar-refractivity contribution in [3.05, 3.63) is 107 Å². The van der Waals surface area contributed by atoms with Crippen LogP contribution in [0.1, 0.15) is 98.7 Å². The van der Waals surface area contributed by atoms with Crippen LogP contribution in [-0.4, -0.2) is 117 Å². The minimum atomic E-state index is -4.71. The van der Waals surface area contributed by atoms with E-state index in [2.05, 4.69) is 58.2 Å². The van der Waals surface area contributed by atoms with E-state index in [1.165, 1.54) is 29.8 Å². The van der Waals surface area contributed by atoms with Crippen molar-refractivity contribution in [2.75, 3.05) is 64.9 Å². The Morgan fingerprint density at radius 1 is 0.971 bits per heavy atom. The second-order valence-corrected chi connectivity index (χ2v) is 21.6. The molecule has 1 unspecified atom stereocenters. The zero-order valence-electron chi connectivity index (χ0n) is 39.5. The van der Waals surface area contributed by atoms with Gasteiger partial charge in [-0.15, -0.1) is 4.91 Å². The zero-order valence-corrected chi connectivity index (χ0v) is 40.4. The number of nitrogens with one attached hydrogen (secondary N) is 2. The van der Waals surface area contributed by atoms with Gasteiger partial charge in [-0.25, -0.2) is 26.9 Å². The van der Waals surface area contributed by atoms with Crippen molar-refractivity contribution in [1.82, 2.24) is 29.4 Å². The fourth-order valence-electron chi connectivity index (χ4n) is 10.8. The second kappa shape index (κ2) is 19.4. The van der Waals surface area contributed by atoms with Gasteiger partial charge in [-0.2, -0.15) is 0 Å². The Bertz CT molecular complexity index is 2830. The third-order valence-electron chi connectivity index (χ3n) is 14.7. The average molecular weight is 967 g/mol. The first-order valence-corrected chi connectivity index (χ1v) is 25.3. The van der Waals surface area contributed by atoms with Crippen LogP contribution in [-0.2, 0) is 14.8 Å². The predicted molar refractivity (Wildman–Crippen MR) is 259 cm³/mol. The first-order valence-electron chi connectivity index (χ1n) is 23.9. The number of alkyl halides is 1. The van der Waals surface area contributed by atoms with Gasteiger partial charge in [-0.05, 0) is 123 Å². The third kappa shape index (κ3) is 10.2. The molecule has 1 spiro atoms. The largest absolute Gasteiger partial charge is 0.488 e. The fraction of sp³-hybridized carbons (Fsp3) is 0.471. The van der Waals surface area contributed by atoms with Crippen molar-refractivity contribution < 1.29 is 36.3 Å². The summed E-state index contributed by atoms with van der Waals surface area (Å²) >= 11 is 0. The van der Waals surface area contributed by atoms with Crippen molar-refractivity contribution in [2.24, 2.45) is 10.6 Å². The summed E-state index contributed by atoms with van der Waals surface area (Å²) in [4.78, 5) is 53.3. The molecule has 3 aromatic carbocycles. The van der Waals surface area contributed by atoms with Crippen LogP contribution in [0.3, 0.4) is 0 Å². The number of benzene rings is 3. The fourth-order valence-corrected chi connectivity index (χ4v) is 11.8. The third-order valence-corrected chi connectivity index (χ3v) is 16.0. The van der Waals surface area contributed by atoms with Gasteiger partial charge in [0.25, 0.3) is 15.9 Å². The number of nitroso groups, excluding NO2 is 1. The first-order chi connectivity index (χ1) is 33.0. The number of amides is 2. The Morgan fingerprint density at radius 3 is 2.45 bits per heavy atom. The number of hydrogen-bond donors (Lipinski definition) is 2. The number of likely N-dealkylation sites (tertiary alicyclic amines) is 2. The molecule has 18 heteroatoms. The molecule has 2 N–H and O–H groups in total. The highest BCUT2D eigenvalue weighted by Gasteiger charge is 2.50. The van der Waals surface area contributed by atoms with Crippen molar-refractivity contribution in [3.63, 3.8) is 0 Å². The van der Waals surface area contributed by atoms with Crippen LogP contribution in [0.15, 0.2) is 89.2 Å². The number of aromatic nitrogens is 2. The molecule has 15 nitrogen and oxygen atoms in total. The number of nitrogens with zero attached hydrogens (tertiary/aromatic N) is 6. The Hall–Kier alpha value is -5.98. The molecule has 1 saturated carbocycles. The summed E-state index contributed by atoms with van der Waals surface area (Å²) in [6.07, 6.45) is 9.47. The van der Waals surface area contributed by atoms with Gasteiger partial charge in [0.05, 0.1) is 28.9 Å². The van der Waals surface area contributed by atoms with Gasteiger partial charge in [0.1, 0.15) is 41.0 Å². The summed E-state index contributed by atoms with van der Waals surface area (Å²) in [5.74, 6) is -1.58. The van der Waals surface area contributed by atoms with Gasteiger partial charge in [0, 0.05) is 68.8 Å². The summed E-state index contributed by atoms with van der Waals surface area (Å²) in [5.41, 5.74) is 1.23. The molecule has 2 aromatic heterocycles. The SMILES string of the molecule is CC(C)c1ccccc1C1CCCN1C1CC2(CCN(c3cc(Oc4cnc5[nH]ccc5c4)c(C(=O)NS(=O)(=O)c4ccc(OCC5(F)CCN(C(=O)CN(C)C)CC5)c(N=O)c4)cc3F)CC2)C1. The van der Waals surface area contributed by atoms with E-state index in [-0.39, 0.29) is 72.3 Å². The van der Waals surface area contributed by atoms with E-state index in [4.69, 9.17) is 9.47 Å². The molecule has 1 aliphatic carbocycles. The standard InChI is InChI=1S/C51H60F2N8O7S/c1-33(2)38-8-5-6-9-39(38)43-10-7-19-61(43)35-28-50(29-35)14-20-59(21-15-50)44-27-46(68-36-24-34-13-18-54-48(34)55-30-36)40(26-41(44)52)49(63)57-69(65,66)37-11-12-45(42(25-37)56-64)67-32-51(53)16-22-60(23-17-51)47(62)31-58(3)4/h5-6,8-9,11-13,18,24-27,30,33,35,43H,7,10,14-17,19-23,28-29,31-32H2,1-4H3,(H,54,55)(H,57,63). The number of likely N-dealkylation sites (N-methyl/N-ethyl adjacent to an activating group) is 1. The van der Waals surface area contributed by atoms with Crippen molar-refractivity contribution >= 4 is 44.2 Å². The molecule has 366 valence electrons. The number of carbonyl (C=O) groups is 2. The van der Waals surface area contributed by atoms with Crippen LogP contribution in [0.25, 0.3) is 11.0 Å². The smallest absolute Gasteiger partial charge is 0.268 e. The molecular formula is C51H60F2N8O7S. The molecular weight excluding hydrogens is 907 g/mol. The molecule has 5 aromatic rings. The van der Waals surface area contributed by atoms with Gasteiger partial charge in [0.15, 0.2) is 5.69 Å². The van der Waals surface area contributed by atoms with Crippen LogP contribution in [0.2, 0.25) is 0 Å². The lowest BCUT2D eigenvalue weighted by atomic mass is 9.59. The highest BCUT2D eigenvalue weighted by Crippen LogP contribution is 2.54. The normalized spacial score (nSPS) is 19.6. The number of rotatable bonds is 15. The van der Waals surface area contributed by atoms with E-state index in [1.807, 2.05) is 9.62 Å². The number of anilines is 1. The van der Waals surface area contributed by atoms with Gasteiger partial charge in [-0.1, -0.05) is 38.1 Å². The van der Waals surface area contributed by atoms with Gasteiger partial charge >= 0.3 is 0 Å². The van der Waals surface area contributed by atoms with Crippen molar-refractivity contribution in [2.45, 2.75) is 93.8 Å². The van der Waals surface area contributed by atoms with Crippen LogP contribution < -0.4 is 19.1 Å². The number of aromatic amines is 1. The Morgan fingerprint density at radius 2 is 1.72 bits per heavy atom. The average Bonchev–Trinajstić information content (AvgIpc) is 4.01. The summed E-state index contributed by atoms with van der Waals surface area (Å²) in [7, 11) is -1.16. The van der Waals surface area contributed by atoms with E-state index >= 15 is 8.78 Å². The number of fused-ring (bicyclic) bond motifs is 1. The number of carbonyl (C=O) groups excluding carboxylic acids is 2. The molecule has 3 aliphatic heterocycles. The first kappa shape index (κ1) is 48.1. The second-order valence-electron chi connectivity index (χ2n) is 19.9. The van der Waals surface area contributed by atoms with E-state index in [9.17, 15) is 22.9 Å². The molecule has 4 aliphatic rings. The molecule has 3 saturated heterocycles. The van der Waals surface area contributed by atoms with Crippen LogP contribution >= 0.6 is 0 Å². The predicted octanol–water partition coefficient (Wildman–Crippen LogP) is 8.99. The molecule has 4 fully saturated rings. The molecule has 0 radical (unpaired) electrons. The van der Waals surface area contributed by atoms with E-state index in [0.717, 1.165) is 68.3 Å². The van der Waals surface area contributed by atoms with Crippen LogP contribution in [0.5, 0.6) is 17.2 Å². The molecule has 2 amide bonds. The number of ether oxygens (including phenoxy) is 2. The quantitative estimate of drug-likeness (QED) is 0.0961. The van der Waals surface area contributed by atoms with Crippen molar-refractivity contribution in [3.8, 4) is 17.2 Å². The van der Waals surface area contributed by atoms with E-state index in [1.54, 1.807) is 42.2 Å². The van der Waals surface area contributed by atoms with Gasteiger partial charge in [0.2, 0.25) is 5.91 Å². The lowest BCUT2D eigenvalue weighted by Crippen LogP contribution is -2.55. The summed E-state index contributed by atoms with van der Waals surface area (Å²) in [5, 5.41) is 3.64. The molecule has 69 heavy (non-hydrogen) atoms. The zero-order chi connectivity index (χ0) is 48.7. The lowest BCUT2D eigenvalue weighted by molar-refractivity contribution is -0.134. The maximum atomic E-state index is 16.4. The highest BCUT2D eigenvalue weighted by molar-refractivity contribution is 7.90. The van der Waals surface area contributed by atoms with Crippen LogP contribution in [0, 0.1) is 16.1 Å². The highest BCUT2D eigenvalue weighted by atomic mass is 32.2. The molecule has 0 bridgehead atoms. The summed E-state index contributed by atoms with van der Waals surface area (Å²) in [6, 6.07) is 18.8. The monoisotopic (exact) mass is 966 g/mol. The Kier molecular flexibility index (Phi) is 13.5. The number of hydrogen-bond acceptors (Lipinski definition) is 12. The minimum Gasteiger partial charge on any atom is -0.488 e. The van der Waals surface area contributed by atoms with Gasteiger partial charge < -0.3 is 29.2 Å². The molecule has 9 rings (SSSR count). The maximum Gasteiger partial charge on any atom is 0.268 e. The molecule has 1 atom stereocenters. The Labute approximate surface area is 401 Å². The van der Waals surface area contributed by atoms with E-state index < -0.39 is 44.6 Å². The van der Waals surface area contributed by atoms with Crippen molar-refractivity contribution in [1.29, 1.82) is 0 Å². The summed E-state index contributed by atoms with van der Waals surface area (Å²) < 4.78 is 73.6. The number of pyridine rings is 1. The minimum absolute atomic E-state index is 0.00668. The number of sulfonamides is 1.